The highest BCUT2D eigenvalue weighted by atomic mass is 16.3. The van der Waals surface area contributed by atoms with Gasteiger partial charge in [0, 0.05) is 49.8 Å². The number of likely N-dealkylation sites (tertiary alicyclic amines) is 1. The largest absolute Gasteiger partial charge is 0.396 e. The molecular formula is C18H24N4O2. The van der Waals surface area contributed by atoms with Gasteiger partial charge in [-0.2, -0.15) is 0 Å². The predicted molar refractivity (Wildman–Crippen MR) is 92.6 cm³/mol. The molecule has 1 aromatic carbocycles. The fourth-order valence-corrected chi connectivity index (χ4v) is 3.16. The van der Waals surface area contributed by atoms with Gasteiger partial charge in [-0.3, -0.25) is 4.79 Å². The van der Waals surface area contributed by atoms with Crippen molar-refractivity contribution in [2.75, 3.05) is 32.8 Å². The van der Waals surface area contributed by atoms with Gasteiger partial charge in [0.25, 0.3) is 5.91 Å². The molecule has 1 aromatic heterocycles. The minimum absolute atomic E-state index is 0.0703. The number of hydrogen-bond acceptors (Lipinski definition) is 4. The van der Waals surface area contributed by atoms with E-state index in [2.05, 4.69) is 20.2 Å². The Balaban J connectivity index is 1.51. The van der Waals surface area contributed by atoms with Crippen molar-refractivity contribution in [3.63, 3.8) is 0 Å². The number of aliphatic hydroxyl groups excluding tert-OH is 1. The number of aromatic amines is 1. The van der Waals surface area contributed by atoms with Gasteiger partial charge in [-0.05, 0) is 37.4 Å². The first-order chi connectivity index (χ1) is 11.8. The number of benzene rings is 1. The van der Waals surface area contributed by atoms with E-state index < -0.39 is 0 Å². The van der Waals surface area contributed by atoms with Crippen molar-refractivity contribution in [3.8, 4) is 11.4 Å². The molecule has 1 fully saturated rings. The number of nitrogens with one attached hydrogen (secondary N) is 2. The molecular weight excluding hydrogens is 304 g/mol. The van der Waals surface area contributed by atoms with Crippen LogP contribution in [0.25, 0.3) is 11.4 Å². The van der Waals surface area contributed by atoms with Gasteiger partial charge in [0.05, 0.1) is 0 Å². The number of H-pyrrole nitrogens is 1. The minimum atomic E-state index is -0.0703. The molecule has 1 unspecified atom stereocenters. The number of nitrogens with zero attached hydrogens (tertiary/aromatic N) is 2. The molecule has 6 heteroatoms. The Bertz CT molecular complexity index is 657. The maximum atomic E-state index is 12.3. The second-order valence-corrected chi connectivity index (χ2v) is 6.27. The van der Waals surface area contributed by atoms with Crippen molar-refractivity contribution in [1.29, 1.82) is 0 Å². The molecule has 0 spiro atoms. The molecule has 1 atom stereocenters. The molecule has 1 aliphatic heterocycles. The molecule has 0 bridgehead atoms. The second-order valence-electron chi connectivity index (χ2n) is 6.27. The predicted octanol–water partition coefficient (Wildman–Crippen LogP) is 1.51. The van der Waals surface area contributed by atoms with Crippen LogP contribution < -0.4 is 5.32 Å². The maximum Gasteiger partial charge on any atom is 0.251 e. The van der Waals surface area contributed by atoms with Crippen LogP contribution in [0, 0.1) is 5.92 Å². The number of piperidine rings is 1. The van der Waals surface area contributed by atoms with Crippen molar-refractivity contribution in [1.82, 2.24) is 20.2 Å². The van der Waals surface area contributed by atoms with Crippen molar-refractivity contribution in [2.45, 2.75) is 12.8 Å². The van der Waals surface area contributed by atoms with Crippen LogP contribution in [0.4, 0.5) is 0 Å². The quantitative estimate of drug-likeness (QED) is 0.751. The Morgan fingerprint density at radius 2 is 2.38 bits per heavy atom. The summed E-state index contributed by atoms with van der Waals surface area (Å²) >= 11 is 0. The summed E-state index contributed by atoms with van der Waals surface area (Å²) in [5.41, 5.74) is 1.53. The highest BCUT2D eigenvalue weighted by Crippen LogP contribution is 2.16. The summed E-state index contributed by atoms with van der Waals surface area (Å²) in [4.78, 5) is 21.9. The van der Waals surface area contributed by atoms with Crippen molar-refractivity contribution in [2.24, 2.45) is 5.92 Å². The van der Waals surface area contributed by atoms with Gasteiger partial charge in [0.15, 0.2) is 0 Å². The third kappa shape index (κ3) is 4.21. The first-order valence-electron chi connectivity index (χ1n) is 8.47. The van der Waals surface area contributed by atoms with E-state index in [1.165, 1.54) is 0 Å². The van der Waals surface area contributed by atoms with E-state index in [-0.39, 0.29) is 12.5 Å². The molecule has 6 nitrogen and oxygen atoms in total. The number of hydrogen-bond donors (Lipinski definition) is 3. The molecule has 0 saturated carbocycles. The molecule has 128 valence electrons. The summed E-state index contributed by atoms with van der Waals surface area (Å²) in [6.07, 6.45) is 5.67. The lowest BCUT2D eigenvalue weighted by molar-refractivity contribution is 0.0930. The van der Waals surface area contributed by atoms with Gasteiger partial charge in [-0.1, -0.05) is 12.1 Å². The number of rotatable bonds is 6. The molecule has 1 amide bonds. The van der Waals surface area contributed by atoms with E-state index in [9.17, 15) is 9.90 Å². The first kappa shape index (κ1) is 16.7. The molecule has 24 heavy (non-hydrogen) atoms. The number of aliphatic hydroxyl groups is 1. The molecule has 1 saturated heterocycles. The maximum absolute atomic E-state index is 12.3. The summed E-state index contributed by atoms with van der Waals surface area (Å²) in [5, 5.41) is 12.2. The Labute approximate surface area is 141 Å². The van der Waals surface area contributed by atoms with E-state index in [0.29, 0.717) is 18.0 Å². The topological polar surface area (TPSA) is 81.2 Å². The standard InChI is InChI=1S/C18H24N4O2/c23-13-14-3-2-9-22(12-14)10-8-21-18(24)16-5-1-4-15(11-16)17-19-6-7-20-17/h1,4-7,11,14,23H,2-3,8-10,12-13H2,(H,19,20)(H,21,24). The van der Waals surface area contributed by atoms with Crippen LogP contribution in [0.15, 0.2) is 36.7 Å². The normalized spacial score (nSPS) is 18.5. The highest BCUT2D eigenvalue weighted by molar-refractivity contribution is 5.95. The lowest BCUT2D eigenvalue weighted by atomic mass is 9.99. The van der Waals surface area contributed by atoms with Gasteiger partial charge >= 0.3 is 0 Å². The monoisotopic (exact) mass is 328 g/mol. The number of aromatic nitrogens is 2. The summed E-state index contributed by atoms with van der Waals surface area (Å²) in [7, 11) is 0. The average molecular weight is 328 g/mol. The van der Waals surface area contributed by atoms with Gasteiger partial charge < -0.3 is 20.3 Å². The summed E-state index contributed by atoms with van der Waals surface area (Å²) in [5.74, 6) is 1.06. The van der Waals surface area contributed by atoms with E-state index in [0.717, 1.165) is 43.9 Å². The number of carbonyl (C=O) groups is 1. The smallest absolute Gasteiger partial charge is 0.251 e. The molecule has 2 heterocycles. The number of imidazole rings is 1. The highest BCUT2D eigenvalue weighted by Gasteiger charge is 2.18. The number of amides is 1. The van der Waals surface area contributed by atoms with Gasteiger partial charge in [-0.25, -0.2) is 4.98 Å². The van der Waals surface area contributed by atoms with E-state index >= 15 is 0 Å². The molecule has 0 aliphatic carbocycles. The zero-order valence-corrected chi connectivity index (χ0v) is 13.7. The average Bonchev–Trinajstić information content (AvgIpc) is 3.17. The van der Waals surface area contributed by atoms with E-state index in [1.54, 1.807) is 12.4 Å². The third-order valence-corrected chi connectivity index (χ3v) is 4.47. The molecule has 3 N–H and O–H groups in total. The Morgan fingerprint density at radius 1 is 1.46 bits per heavy atom. The molecule has 2 aromatic rings. The van der Waals surface area contributed by atoms with Gasteiger partial charge in [0.1, 0.15) is 5.82 Å². The van der Waals surface area contributed by atoms with E-state index in [1.807, 2.05) is 24.3 Å². The third-order valence-electron chi connectivity index (χ3n) is 4.47. The lowest BCUT2D eigenvalue weighted by Gasteiger charge is -2.31. The van der Waals surface area contributed by atoms with Crippen LogP contribution in [0.1, 0.15) is 23.2 Å². The summed E-state index contributed by atoms with van der Waals surface area (Å²) in [6.45, 7) is 3.64. The van der Waals surface area contributed by atoms with Crippen molar-refractivity contribution < 1.29 is 9.90 Å². The molecule has 1 aliphatic rings. The van der Waals surface area contributed by atoms with E-state index in [4.69, 9.17) is 0 Å². The van der Waals surface area contributed by atoms with Crippen LogP contribution in [0.2, 0.25) is 0 Å². The Kier molecular flexibility index (Phi) is 5.61. The van der Waals surface area contributed by atoms with Crippen molar-refractivity contribution >= 4 is 5.91 Å². The summed E-state index contributed by atoms with van der Waals surface area (Å²) in [6, 6.07) is 7.45. The lowest BCUT2D eigenvalue weighted by Crippen LogP contribution is -2.41. The van der Waals surface area contributed by atoms with Gasteiger partial charge in [-0.15, -0.1) is 0 Å². The Morgan fingerprint density at radius 3 is 3.17 bits per heavy atom. The van der Waals surface area contributed by atoms with Gasteiger partial charge in [0.2, 0.25) is 0 Å². The zero-order chi connectivity index (χ0) is 16.8. The molecule has 3 rings (SSSR count). The van der Waals surface area contributed by atoms with Crippen molar-refractivity contribution in [3.05, 3.63) is 42.2 Å². The fourth-order valence-electron chi connectivity index (χ4n) is 3.16. The Hall–Kier alpha value is -2.18. The van der Waals surface area contributed by atoms with Crippen LogP contribution >= 0.6 is 0 Å². The first-order valence-corrected chi connectivity index (χ1v) is 8.47. The van der Waals surface area contributed by atoms with Crippen LogP contribution in [0.5, 0.6) is 0 Å². The zero-order valence-electron chi connectivity index (χ0n) is 13.7. The number of carbonyl (C=O) groups excluding carboxylic acids is 1. The fraction of sp³-hybridized carbons (Fsp3) is 0.444. The van der Waals surface area contributed by atoms with Crippen LogP contribution in [-0.2, 0) is 0 Å². The SMILES string of the molecule is O=C(NCCN1CCCC(CO)C1)c1cccc(-c2ncc[nH]2)c1. The minimum Gasteiger partial charge on any atom is -0.396 e. The summed E-state index contributed by atoms with van der Waals surface area (Å²) < 4.78 is 0. The van der Waals surface area contributed by atoms with Crippen LogP contribution in [-0.4, -0.2) is 58.7 Å². The second kappa shape index (κ2) is 8.08. The molecule has 0 radical (unpaired) electrons. The van der Waals surface area contributed by atoms with Crippen LogP contribution in [0.3, 0.4) is 0 Å².